The average molecular weight is 175 g/mol. The van der Waals surface area contributed by atoms with Crippen molar-refractivity contribution in [2.24, 2.45) is 0 Å². The van der Waals surface area contributed by atoms with Gasteiger partial charge in [-0.2, -0.15) is 0 Å². The van der Waals surface area contributed by atoms with Gasteiger partial charge in [0.1, 0.15) is 5.38 Å². The quantitative estimate of drug-likeness (QED) is 0.474. The minimum atomic E-state index is -0.617. The molecule has 8 heavy (non-hydrogen) atoms. The first-order valence-corrected chi connectivity index (χ1v) is 3.42. The Morgan fingerprint density at radius 1 is 1.62 bits per heavy atom. The maximum Gasteiger partial charge on any atom is 0.239 e. The third-order valence-corrected chi connectivity index (χ3v) is 1.62. The monoisotopic (exact) mass is 174 g/mol. The minimum Gasteiger partial charge on any atom is -0.280 e. The molecule has 0 radical (unpaired) electrons. The van der Waals surface area contributed by atoms with Crippen molar-refractivity contribution in [1.29, 1.82) is 0 Å². The van der Waals surface area contributed by atoms with Crippen LogP contribution in [0.2, 0.25) is 0 Å². The second-order valence-corrected chi connectivity index (χ2v) is 2.53. The molecule has 0 aromatic carbocycles. The van der Waals surface area contributed by atoms with Crippen LogP contribution in [0, 0.1) is 0 Å². The molecular weight excluding hydrogens is 170 g/mol. The van der Waals surface area contributed by atoms with Crippen molar-refractivity contribution in [1.82, 2.24) is 0 Å². The van der Waals surface area contributed by atoms with Gasteiger partial charge in [-0.05, 0) is 18.0 Å². The highest BCUT2D eigenvalue weighted by atomic mass is 35.5. The van der Waals surface area contributed by atoms with E-state index < -0.39 is 10.6 Å². The summed E-state index contributed by atoms with van der Waals surface area (Å²) in [6.07, 6.45) is 0.436. The van der Waals surface area contributed by atoms with Crippen molar-refractivity contribution in [2.45, 2.75) is 11.8 Å². The van der Waals surface area contributed by atoms with Crippen LogP contribution >= 0.6 is 34.8 Å². The van der Waals surface area contributed by atoms with E-state index in [0.717, 1.165) is 0 Å². The maximum absolute atomic E-state index is 10.1. The second kappa shape index (κ2) is 4.42. The van der Waals surface area contributed by atoms with Crippen molar-refractivity contribution >= 4 is 40.0 Å². The van der Waals surface area contributed by atoms with Gasteiger partial charge in [0.25, 0.3) is 0 Å². The lowest BCUT2D eigenvalue weighted by Crippen LogP contribution is -2.07. The number of halogens is 3. The summed E-state index contributed by atoms with van der Waals surface area (Å²) in [4.78, 5) is 10.1. The Kier molecular flexibility index (Phi) is 4.72. The van der Waals surface area contributed by atoms with Gasteiger partial charge in [-0.3, -0.25) is 4.79 Å². The van der Waals surface area contributed by atoms with Gasteiger partial charge < -0.3 is 0 Å². The molecule has 1 unspecified atom stereocenters. The molecule has 1 nitrogen and oxygen atoms in total. The van der Waals surface area contributed by atoms with Crippen LogP contribution in [-0.4, -0.2) is 16.5 Å². The SMILES string of the molecule is O=C(Cl)C(Cl)CCCl. The molecule has 1 atom stereocenters. The molecule has 48 valence electrons. The first-order valence-electron chi connectivity index (χ1n) is 2.08. The van der Waals surface area contributed by atoms with Crippen molar-refractivity contribution in [3.8, 4) is 0 Å². The maximum atomic E-state index is 10.1. The zero-order chi connectivity index (χ0) is 6.57. The fraction of sp³-hybridized carbons (Fsp3) is 0.750. The zero-order valence-corrected chi connectivity index (χ0v) is 6.30. The fourth-order valence-corrected chi connectivity index (χ4v) is 0.757. The van der Waals surface area contributed by atoms with Crippen LogP contribution in [0.3, 0.4) is 0 Å². The van der Waals surface area contributed by atoms with E-state index in [-0.39, 0.29) is 0 Å². The number of rotatable bonds is 3. The molecule has 0 spiro atoms. The van der Waals surface area contributed by atoms with Crippen LogP contribution in [0.15, 0.2) is 0 Å². The van der Waals surface area contributed by atoms with Crippen LogP contribution < -0.4 is 0 Å². The van der Waals surface area contributed by atoms with Crippen LogP contribution in [0.4, 0.5) is 0 Å². The Bertz CT molecular complexity index is 83.4. The van der Waals surface area contributed by atoms with Gasteiger partial charge in [-0.25, -0.2) is 0 Å². The van der Waals surface area contributed by atoms with E-state index in [2.05, 4.69) is 0 Å². The Morgan fingerprint density at radius 3 is 2.25 bits per heavy atom. The lowest BCUT2D eigenvalue weighted by molar-refractivity contribution is -0.111. The molecule has 0 saturated heterocycles. The van der Waals surface area contributed by atoms with Gasteiger partial charge in [-0.1, -0.05) is 0 Å². The Labute approximate surface area is 62.9 Å². The normalized spacial score (nSPS) is 13.4. The van der Waals surface area contributed by atoms with E-state index in [1.165, 1.54) is 0 Å². The van der Waals surface area contributed by atoms with E-state index in [4.69, 9.17) is 34.8 Å². The summed E-state index contributed by atoms with van der Waals surface area (Å²) in [5, 5.41) is -1.15. The fourth-order valence-electron chi connectivity index (χ4n) is 0.209. The summed E-state index contributed by atoms with van der Waals surface area (Å²) in [5.41, 5.74) is 0. The van der Waals surface area contributed by atoms with E-state index in [9.17, 15) is 4.79 Å². The molecule has 0 aliphatic rings. The van der Waals surface area contributed by atoms with Crippen LogP contribution in [0.1, 0.15) is 6.42 Å². The first-order chi connectivity index (χ1) is 3.68. The average Bonchev–Trinajstić information content (AvgIpc) is 1.67. The Morgan fingerprint density at radius 2 is 2.12 bits per heavy atom. The highest BCUT2D eigenvalue weighted by molar-refractivity contribution is 6.69. The van der Waals surface area contributed by atoms with Gasteiger partial charge in [-0.15, -0.1) is 23.2 Å². The number of alkyl halides is 2. The van der Waals surface area contributed by atoms with Gasteiger partial charge in [0.2, 0.25) is 5.24 Å². The van der Waals surface area contributed by atoms with Gasteiger partial charge >= 0.3 is 0 Å². The molecule has 0 fully saturated rings. The van der Waals surface area contributed by atoms with Crippen LogP contribution in [0.5, 0.6) is 0 Å². The summed E-state index contributed by atoms with van der Waals surface area (Å²) >= 11 is 15.6. The summed E-state index contributed by atoms with van der Waals surface area (Å²) in [6.45, 7) is 0. The first kappa shape index (κ1) is 8.54. The molecule has 0 bridgehead atoms. The van der Waals surface area contributed by atoms with E-state index in [0.29, 0.717) is 12.3 Å². The van der Waals surface area contributed by atoms with Gasteiger partial charge in [0.15, 0.2) is 0 Å². The standard InChI is InChI=1S/C4H5Cl3O/c5-2-1-3(6)4(7)8/h3H,1-2H2. The second-order valence-electron chi connectivity index (χ2n) is 1.25. The van der Waals surface area contributed by atoms with Crippen molar-refractivity contribution in [3.63, 3.8) is 0 Å². The van der Waals surface area contributed by atoms with Crippen molar-refractivity contribution in [2.75, 3.05) is 5.88 Å². The molecule has 0 aliphatic heterocycles. The van der Waals surface area contributed by atoms with E-state index >= 15 is 0 Å². The topological polar surface area (TPSA) is 17.1 Å². The number of carbonyl (C=O) groups is 1. The molecule has 0 N–H and O–H groups in total. The molecule has 0 amide bonds. The molecule has 0 rings (SSSR count). The lowest BCUT2D eigenvalue weighted by Gasteiger charge is -1.96. The van der Waals surface area contributed by atoms with Gasteiger partial charge in [0, 0.05) is 5.88 Å². The number of hydrogen-bond donors (Lipinski definition) is 0. The van der Waals surface area contributed by atoms with Crippen LogP contribution in [-0.2, 0) is 4.79 Å². The van der Waals surface area contributed by atoms with Crippen molar-refractivity contribution < 1.29 is 4.79 Å². The van der Waals surface area contributed by atoms with E-state index in [1.807, 2.05) is 0 Å². The summed E-state index contributed by atoms with van der Waals surface area (Å²) < 4.78 is 0. The molecule has 0 aliphatic carbocycles. The Hall–Kier alpha value is 0.540. The van der Waals surface area contributed by atoms with Crippen LogP contribution in [0.25, 0.3) is 0 Å². The molecule has 0 aromatic rings. The summed E-state index contributed by atoms with van der Waals surface area (Å²) in [7, 11) is 0. The third kappa shape index (κ3) is 3.53. The third-order valence-electron chi connectivity index (χ3n) is 0.609. The molecule has 4 heteroatoms. The number of hydrogen-bond acceptors (Lipinski definition) is 1. The minimum absolute atomic E-state index is 0.368. The highest BCUT2D eigenvalue weighted by Gasteiger charge is 2.09. The molecule has 0 aromatic heterocycles. The van der Waals surface area contributed by atoms with Crippen molar-refractivity contribution in [3.05, 3.63) is 0 Å². The molecule has 0 heterocycles. The summed E-state index contributed by atoms with van der Waals surface area (Å²) in [6, 6.07) is 0. The van der Waals surface area contributed by atoms with Gasteiger partial charge in [0.05, 0.1) is 0 Å². The predicted molar refractivity (Wildman–Crippen MR) is 35.8 cm³/mol. The van der Waals surface area contributed by atoms with E-state index in [1.54, 1.807) is 0 Å². The summed E-state index contributed by atoms with van der Waals surface area (Å²) in [5.74, 6) is 0.368. The lowest BCUT2D eigenvalue weighted by atomic mass is 10.4. The smallest absolute Gasteiger partial charge is 0.239 e. The molecular formula is C4H5Cl3O. The Balaban J connectivity index is 3.32. The predicted octanol–water partition coefficient (Wildman–Crippen LogP) is 1.99. The number of carbonyl (C=O) groups excluding carboxylic acids is 1. The largest absolute Gasteiger partial charge is 0.280 e. The highest BCUT2D eigenvalue weighted by Crippen LogP contribution is 2.06. The molecule has 0 saturated carbocycles. The zero-order valence-electron chi connectivity index (χ0n) is 4.03.